The lowest BCUT2D eigenvalue weighted by atomic mass is 10.1. The molecule has 1 aliphatic heterocycles. The highest BCUT2D eigenvalue weighted by atomic mass is 16.6. The van der Waals surface area contributed by atoms with Gasteiger partial charge in [-0.25, -0.2) is 4.79 Å². The molecule has 1 aromatic heterocycles. The molecule has 11 heteroatoms. The van der Waals surface area contributed by atoms with Crippen molar-refractivity contribution in [2.45, 2.75) is 24.5 Å². The highest BCUT2D eigenvalue weighted by Crippen LogP contribution is 2.28. The molecule has 0 unspecified atom stereocenters. The van der Waals surface area contributed by atoms with Gasteiger partial charge in [-0.05, 0) is 0 Å². The lowest BCUT2D eigenvalue weighted by Gasteiger charge is -2.17. The third kappa shape index (κ3) is 3.06. The Morgan fingerprint density at radius 3 is 2.59 bits per heavy atom. The molecular weight excluding hydrogens is 298 g/mol. The number of hydrogen-bond donors (Lipinski definition) is 4. The summed E-state index contributed by atoms with van der Waals surface area (Å²) in [5.41, 5.74) is -1.77. The lowest BCUT2D eigenvalue weighted by Crippen LogP contribution is -2.37. The first-order valence-electron chi connectivity index (χ1n) is 6.42. The Hall–Kier alpha value is -2.08. The summed E-state index contributed by atoms with van der Waals surface area (Å²) in [4.78, 5) is 25.5. The Labute approximate surface area is 124 Å². The van der Waals surface area contributed by atoms with Crippen molar-refractivity contribution in [3.8, 4) is 0 Å². The van der Waals surface area contributed by atoms with E-state index in [2.05, 4.69) is 10.3 Å². The van der Waals surface area contributed by atoms with Gasteiger partial charge in [0.15, 0.2) is 11.9 Å². The van der Waals surface area contributed by atoms with Crippen LogP contribution in [0.15, 0.2) is 26.1 Å². The summed E-state index contributed by atoms with van der Waals surface area (Å²) in [5.74, 6) is 0. The first-order chi connectivity index (χ1) is 10.3. The number of rotatable bonds is 4. The van der Waals surface area contributed by atoms with Crippen LogP contribution >= 0.6 is 0 Å². The number of ether oxygens (including phenoxy) is 1. The molecule has 22 heavy (non-hydrogen) atoms. The molecule has 1 saturated heterocycles. The van der Waals surface area contributed by atoms with E-state index in [1.165, 1.54) is 5.01 Å². The zero-order chi connectivity index (χ0) is 16.4. The van der Waals surface area contributed by atoms with Crippen LogP contribution < -0.4 is 11.2 Å². The second-order valence-corrected chi connectivity index (χ2v) is 4.95. The first-order valence-corrected chi connectivity index (χ1v) is 6.42. The SMILES string of the molecule is CN(C)N=Nc1cn([C@H]2O[C@@H](CO)[C@@H](O)[C@H]2O)c(=O)[nH]c1=O. The van der Waals surface area contributed by atoms with E-state index in [0.29, 0.717) is 0 Å². The maximum Gasteiger partial charge on any atom is 0.330 e. The van der Waals surface area contributed by atoms with Crippen LogP contribution in [0.5, 0.6) is 0 Å². The number of aliphatic hydroxyl groups excluding tert-OH is 3. The molecule has 0 spiro atoms. The van der Waals surface area contributed by atoms with Crippen LogP contribution in [0.3, 0.4) is 0 Å². The second kappa shape index (κ2) is 6.36. The Kier molecular flexibility index (Phi) is 4.71. The molecule has 4 N–H and O–H groups in total. The zero-order valence-electron chi connectivity index (χ0n) is 11.9. The van der Waals surface area contributed by atoms with Crippen LogP contribution in [-0.2, 0) is 4.74 Å². The molecule has 2 heterocycles. The fourth-order valence-corrected chi connectivity index (χ4v) is 1.98. The summed E-state index contributed by atoms with van der Waals surface area (Å²) in [6.07, 6.45) is -4.04. The zero-order valence-corrected chi connectivity index (χ0v) is 11.9. The molecule has 1 aliphatic rings. The molecule has 1 fully saturated rings. The van der Waals surface area contributed by atoms with Crippen molar-refractivity contribution in [3.05, 3.63) is 27.0 Å². The van der Waals surface area contributed by atoms with Crippen LogP contribution in [-0.4, -0.2) is 68.9 Å². The standard InChI is InChI=1S/C11H17N5O6/c1-15(2)14-13-5-3-16(11(21)12-9(5)20)10-8(19)7(18)6(4-17)22-10/h3,6-8,10,17-19H,4H2,1-2H3,(H,12,20,21)/t6-,7+,8+,10-/m0/s1. The van der Waals surface area contributed by atoms with Crippen molar-refractivity contribution in [3.63, 3.8) is 0 Å². The molecule has 0 saturated carbocycles. The fraction of sp³-hybridized carbons (Fsp3) is 0.636. The predicted octanol–water partition coefficient (Wildman–Crippen LogP) is -2.29. The van der Waals surface area contributed by atoms with Crippen LogP contribution in [0.1, 0.15) is 6.23 Å². The number of aliphatic hydroxyl groups is 3. The Balaban J connectivity index is 2.41. The van der Waals surface area contributed by atoms with E-state index in [-0.39, 0.29) is 5.69 Å². The van der Waals surface area contributed by atoms with Gasteiger partial charge in [-0.3, -0.25) is 19.4 Å². The third-order valence-electron chi connectivity index (χ3n) is 3.07. The van der Waals surface area contributed by atoms with Crippen molar-refractivity contribution in [2.75, 3.05) is 20.7 Å². The Morgan fingerprint density at radius 2 is 2.05 bits per heavy atom. The lowest BCUT2D eigenvalue weighted by molar-refractivity contribution is -0.0549. The number of aromatic nitrogens is 2. The number of H-pyrrole nitrogens is 1. The van der Waals surface area contributed by atoms with Crippen molar-refractivity contribution in [1.82, 2.24) is 14.6 Å². The summed E-state index contributed by atoms with van der Waals surface area (Å²) in [6, 6.07) is 0. The number of nitrogens with one attached hydrogen (secondary N) is 1. The molecular formula is C11H17N5O6. The highest BCUT2D eigenvalue weighted by molar-refractivity contribution is 5.28. The number of hydrogen-bond acceptors (Lipinski definition) is 8. The van der Waals surface area contributed by atoms with Gasteiger partial charge >= 0.3 is 5.69 Å². The first kappa shape index (κ1) is 16.3. The van der Waals surface area contributed by atoms with Gasteiger partial charge in [0.25, 0.3) is 5.56 Å². The fourth-order valence-electron chi connectivity index (χ4n) is 1.98. The summed E-state index contributed by atoms with van der Waals surface area (Å²) in [5, 5.41) is 37.3. The van der Waals surface area contributed by atoms with E-state index in [4.69, 9.17) is 9.84 Å². The van der Waals surface area contributed by atoms with E-state index in [1.807, 2.05) is 4.98 Å². The minimum absolute atomic E-state index is 0.175. The number of nitrogens with zero attached hydrogens (tertiary/aromatic N) is 4. The maximum atomic E-state index is 11.9. The summed E-state index contributed by atoms with van der Waals surface area (Å²) in [6.45, 7) is -0.528. The van der Waals surface area contributed by atoms with Crippen molar-refractivity contribution in [1.29, 1.82) is 0 Å². The van der Waals surface area contributed by atoms with Crippen LogP contribution in [0.4, 0.5) is 5.69 Å². The van der Waals surface area contributed by atoms with E-state index < -0.39 is 42.4 Å². The van der Waals surface area contributed by atoms with Gasteiger partial charge in [-0.15, -0.1) is 5.11 Å². The quantitative estimate of drug-likeness (QED) is 0.360. The largest absolute Gasteiger partial charge is 0.394 e. The van der Waals surface area contributed by atoms with Crippen molar-refractivity contribution in [2.24, 2.45) is 10.3 Å². The summed E-state index contributed by atoms with van der Waals surface area (Å²) < 4.78 is 6.11. The van der Waals surface area contributed by atoms with E-state index in [9.17, 15) is 19.8 Å². The average molecular weight is 315 g/mol. The molecule has 1 aromatic rings. The van der Waals surface area contributed by atoms with Crippen LogP contribution in [0.25, 0.3) is 0 Å². The maximum absolute atomic E-state index is 11.9. The van der Waals surface area contributed by atoms with E-state index in [0.717, 1.165) is 10.8 Å². The van der Waals surface area contributed by atoms with E-state index >= 15 is 0 Å². The van der Waals surface area contributed by atoms with Crippen LogP contribution in [0.2, 0.25) is 0 Å². The van der Waals surface area contributed by atoms with Gasteiger partial charge in [0.1, 0.15) is 18.3 Å². The van der Waals surface area contributed by atoms with Gasteiger partial charge in [-0.2, -0.15) is 0 Å². The average Bonchev–Trinajstić information content (AvgIpc) is 2.74. The number of aromatic amines is 1. The molecule has 2 rings (SSSR count). The monoisotopic (exact) mass is 315 g/mol. The van der Waals surface area contributed by atoms with Gasteiger partial charge in [0.05, 0.1) is 6.61 Å². The highest BCUT2D eigenvalue weighted by Gasteiger charge is 2.43. The van der Waals surface area contributed by atoms with Crippen molar-refractivity contribution < 1.29 is 20.1 Å². The minimum Gasteiger partial charge on any atom is -0.394 e. The van der Waals surface area contributed by atoms with Crippen LogP contribution in [0, 0.1) is 0 Å². The van der Waals surface area contributed by atoms with Crippen molar-refractivity contribution >= 4 is 5.69 Å². The van der Waals surface area contributed by atoms with Gasteiger partial charge in [0.2, 0.25) is 0 Å². The molecule has 4 atom stereocenters. The van der Waals surface area contributed by atoms with E-state index in [1.54, 1.807) is 14.1 Å². The van der Waals surface area contributed by atoms with Gasteiger partial charge in [-0.1, -0.05) is 5.22 Å². The minimum atomic E-state index is -1.45. The molecule has 0 radical (unpaired) electrons. The molecule has 122 valence electrons. The summed E-state index contributed by atoms with van der Waals surface area (Å²) >= 11 is 0. The molecule has 0 amide bonds. The predicted molar refractivity (Wildman–Crippen MR) is 72.5 cm³/mol. The molecule has 11 nitrogen and oxygen atoms in total. The normalized spacial score (nSPS) is 28.4. The topological polar surface area (TPSA) is 153 Å². The smallest absolute Gasteiger partial charge is 0.330 e. The summed E-state index contributed by atoms with van der Waals surface area (Å²) in [7, 11) is 3.19. The van der Waals surface area contributed by atoms with Gasteiger partial charge < -0.3 is 20.1 Å². The second-order valence-electron chi connectivity index (χ2n) is 4.95. The third-order valence-corrected chi connectivity index (χ3v) is 3.07. The molecule has 0 aliphatic carbocycles. The van der Waals surface area contributed by atoms with Gasteiger partial charge in [0, 0.05) is 20.3 Å². The molecule has 0 bridgehead atoms. The molecule has 0 aromatic carbocycles. The Bertz CT molecular complexity index is 668. The Morgan fingerprint density at radius 1 is 1.36 bits per heavy atom.